The van der Waals surface area contributed by atoms with Gasteiger partial charge in [-0.15, -0.1) is 11.8 Å². The van der Waals surface area contributed by atoms with E-state index < -0.39 is 28.7 Å². The lowest BCUT2D eigenvalue weighted by Crippen LogP contribution is -2.07. The summed E-state index contributed by atoms with van der Waals surface area (Å²) in [5.41, 5.74) is 3.58. The van der Waals surface area contributed by atoms with Gasteiger partial charge in [0.1, 0.15) is 6.29 Å². The van der Waals surface area contributed by atoms with Crippen molar-refractivity contribution in [3.63, 3.8) is 0 Å². The van der Waals surface area contributed by atoms with Crippen molar-refractivity contribution in [1.82, 2.24) is 0 Å². The molecule has 0 saturated heterocycles. The summed E-state index contributed by atoms with van der Waals surface area (Å²) in [7, 11) is 0. The second-order valence-corrected chi connectivity index (χ2v) is 6.23. The van der Waals surface area contributed by atoms with E-state index in [1.165, 1.54) is 6.07 Å². The standard InChI is InChI=1S/C16H11F6NOS.CH4/c17-15(18,19)10-3-1-2-9(6-10)14(8-24)25-13-5-4-11(7-12(13)23)16(20,21)22;/h1-8,14H,23H2;1H4. The van der Waals surface area contributed by atoms with E-state index in [2.05, 4.69) is 0 Å². The second kappa shape index (κ2) is 8.03. The van der Waals surface area contributed by atoms with Crippen molar-refractivity contribution >= 4 is 23.7 Å². The van der Waals surface area contributed by atoms with E-state index in [1.807, 2.05) is 0 Å². The fourth-order valence-electron chi connectivity index (χ4n) is 2.04. The van der Waals surface area contributed by atoms with Gasteiger partial charge < -0.3 is 10.5 Å². The Morgan fingerprint density at radius 1 is 0.923 bits per heavy atom. The quantitative estimate of drug-likeness (QED) is 0.300. The summed E-state index contributed by atoms with van der Waals surface area (Å²) in [4.78, 5) is 11.5. The normalized spacial score (nSPS) is 13.0. The van der Waals surface area contributed by atoms with Gasteiger partial charge in [0.25, 0.3) is 0 Å². The number of carbonyl (C=O) groups is 1. The van der Waals surface area contributed by atoms with Gasteiger partial charge >= 0.3 is 12.4 Å². The summed E-state index contributed by atoms with van der Waals surface area (Å²) in [5.74, 6) is 0. The van der Waals surface area contributed by atoms with Gasteiger partial charge in [-0.05, 0) is 29.8 Å². The highest BCUT2D eigenvalue weighted by Crippen LogP contribution is 2.40. The first kappa shape index (κ1) is 21.9. The molecule has 0 aliphatic heterocycles. The largest absolute Gasteiger partial charge is 0.416 e. The Morgan fingerprint density at radius 2 is 1.50 bits per heavy atom. The van der Waals surface area contributed by atoms with Gasteiger partial charge in [-0.25, -0.2) is 0 Å². The van der Waals surface area contributed by atoms with Crippen molar-refractivity contribution in [3.8, 4) is 0 Å². The summed E-state index contributed by atoms with van der Waals surface area (Å²) in [6.07, 6.45) is -8.72. The molecule has 0 amide bonds. The summed E-state index contributed by atoms with van der Waals surface area (Å²) in [5, 5.41) is -1.04. The number of alkyl halides is 6. The molecule has 26 heavy (non-hydrogen) atoms. The highest BCUT2D eigenvalue weighted by molar-refractivity contribution is 8.00. The van der Waals surface area contributed by atoms with Gasteiger partial charge in [0.05, 0.1) is 16.4 Å². The fourth-order valence-corrected chi connectivity index (χ4v) is 2.99. The third kappa shape index (κ3) is 5.17. The van der Waals surface area contributed by atoms with E-state index in [9.17, 15) is 31.1 Å². The lowest BCUT2D eigenvalue weighted by molar-refractivity contribution is -0.138. The highest BCUT2D eigenvalue weighted by Gasteiger charge is 2.32. The first-order valence-corrected chi connectivity index (χ1v) is 7.66. The average molecular weight is 395 g/mol. The number of carbonyl (C=O) groups excluding carboxylic acids is 1. The molecule has 0 spiro atoms. The van der Waals surface area contributed by atoms with Crippen LogP contribution in [-0.4, -0.2) is 6.29 Å². The van der Waals surface area contributed by atoms with Gasteiger partial charge in [0.2, 0.25) is 0 Å². The summed E-state index contributed by atoms with van der Waals surface area (Å²) in [6, 6.07) is 6.79. The molecule has 1 unspecified atom stereocenters. The molecule has 2 aromatic carbocycles. The van der Waals surface area contributed by atoms with Crippen LogP contribution in [0.4, 0.5) is 32.0 Å². The maximum Gasteiger partial charge on any atom is 0.416 e. The van der Waals surface area contributed by atoms with Crippen molar-refractivity contribution in [2.24, 2.45) is 0 Å². The Morgan fingerprint density at radius 3 is 2.00 bits per heavy atom. The minimum Gasteiger partial charge on any atom is -0.398 e. The Kier molecular flexibility index (Phi) is 6.76. The lowest BCUT2D eigenvalue weighted by Gasteiger charge is -2.15. The van der Waals surface area contributed by atoms with Crippen LogP contribution < -0.4 is 5.73 Å². The van der Waals surface area contributed by atoms with Gasteiger partial charge in [0, 0.05) is 10.6 Å². The van der Waals surface area contributed by atoms with Crippen LogP contribution in [0.3, 0.4) is 0 Å². The van der Waals surface area contributed by atoms with Crippen molar-refractivity contribution < 1.29 is 31.1 Å². The Bertz CT molecular complexity index is 773. The topological polar surface area (TPSA) is 43.1 Å². The maximum absolute atomic E-state index is 12.8. The molecule has 0 heterocycles. The van der Waals surface area contributed by atoms with Gasteiger partial charge in [-0.3, -0.25) is 0 Å². The molecule has 142 valence electrons. The first-order valence-electron chi connectivity index (χ1n) is 6.78. The number of nitrogen functional groups attached to an aromatic ring is 1. The van der Waals surface area contributed by atoms with Crippen LogP contribution in [0.25, 0.3) is 0 Å². The molecule has 0 bridgehead atoms. The first-order chi connectivity index (χ1) is 11.5. The zero-order chi connectivity index (χ0) is 18.8. The van der Waals surface area contributed by atoms with Crippen molar-refractivity contribution in [3.05, 3.63) is 59.2 Å². The predicted molar refractivity (Wildman–Crippen MR) is 88.7 cm³/mol. The number of rotatable bonds is 4. The van der Waals surface area contributed by atoms with Crippen LogP contribution in [0.1, 0.15) is 29.4 Å². The van der Waals surface area contributed by atoms with Crippen LogP contribution in [0.5, 0.6) is 0 Å². The van der Waals surface area contributed by atoms with Gasteiger partial charge in [-0.2, -0.15) is 26.3 Å². The predicted octanol–water partition coefficient (Wildman–Crippen LogP) is 5.97. The highest BCUT2D eigenvalue weighted by atomic mass is 32.2. The molecule has 2 aromatic rings. The number of halogens is 6. The second-order valence-electron chi connectivity index (χ2n) is 5.05. The number of hydrogen-bond donors (Lipinski definition) is 1. The molecule has 1 atom stereocenters. The number of benzene rings is 2. The summed E-state index contributed by atoms with van der Waals surface area (Å²) < 4.78 is 76.2. The number of anilines is 1. The third-order valence-electron chi connectivity index (χ3n) is 3.26. The van der Waals surface area contributed by atoms with Crippen molar-refractivity contribution in [1.29, 1.82) is 0 Å². The van der Waals surface area contributed by atoms with Crippen LogP contribution in [0, 0.1) is 0 Å². The minimum atomic E-state index is -4.57. The minimum absolute atomic E-state index is 0. The zero-order valence-corrected chi connectivity index (χ0v) is 13.2. The van der Waals surface area contributed by atoms with Crippen LogP contribution in [0.2, 0.25) is 0 Å². The monoisotopic (exact) mass is 395 g/mol. The lowest BCUT2D eigenvalue weighted by atomic mass is 10.1. The van der Waals surface area contributed by atoms with Crippen LogP contribution in [-0.2, 0) is 17.1 Å². The fraction of sp³-hybridized carbons (Fsp3) is 0.235. The molecule has 2 N–H and O–H groups in total. The average Bonchev–Trinajstić information content (AvgIpc) is 2.52. The Labute approximate surface area is 150 Å². The van der Waals surface area contributed by atoms with Gasteiger partial charge in [-0.1, -0.05) is 25.6 Å². The molecule has 0 aliphatic carbocycles. The Balaban J connectivity index is 0.00000338. The van der Waals surface area contributed by atoms with E-state index in [-0.39, 0.29) is 23.6 Å². The van der Waals surface area contributed by atoms with Crippen LogP contribution >= 0.6 is 11.8 Å². The number of aldehydes is 1. The van der Waals surface area contributed by atoms with Gasteiger partial charge in [0.15, 0.2) is 0 Å². The molecule has 0 aliphatic rings. The maximum atomic E-state index is 12.8. The Hall–Kier alpha value is -2.16. The smallest absolute Gasteiger partial charge is 0.398 e. The van der Waals surface area contributed by atoms with E-state index >= 15 is 0 Å². The van der Waals surface area contributed by atoms with E-state index in [4.69, 9.17) is 5.73 Å². The molecular weight excluding hydrogens is 380 g/mol. The SMILES string of the molecule is C.Nc1cc(C(F)(F)F)ccc1SC(C=O)c1cccc(C(F)(F)F)c1. The molecule has 2 rings (SSSR count). The van der Waals surface area contributed by atoms with Crippen molar-refractivity contribution in [2.45, 2.75) is 29.9 Å². The van der Waals surface area contributed by atoms with E-state index in [1.54, 1.807) is 0 Å². The molecular formula is C17H15F6NOS. The summed E-state index contributed by atoms with van der Waals surface area (Å²) in [6.45, 7) is 0. The van der Waals surface area contributed by atoms with E-state index in [0.717, 1.165) is 48.2 Å². The zero-order valence-electron chi connectivity index (χ0n) is 12.4. The van der Waals surface area contributed by atoms with Crippen molar-refractivity contribution in [2.75, 3.05) is 5.73 Å². The molecule has 0 aromatic heterocycles. The summed E-state index contributed by atoms with van der Waals surface area (Å²) >= 11 is 0.779. The molecule has 0 fully saturated rings. The third-order valence-corrected chi connectivity index (χ3v) is 4.52. The number of hydrogen-bond acceptors (Lipinski definition) is 3. The number of thioether (sulfide) groups is 1. The van der Waals surface area contributed by atoms with E-state index in [0.29, 0.717) is 6.29 Å². The molecule has 0 saturated carbocycles. The molecule has 0 radical (unpaired) electrons. The molecule has 2 nitrogen and oxygen atoms in total. The number of nitrogens with two attached hydrogens (primary N) is 1. The molecule has 9 heteroatoms. The van der Waals surface area contributed by atoms with Crippen LogP contribution in [0.15, 0.2) is 47.4 Å².